The molecule has 14 heteroatoms. The minimum absolute atomic E-state index is 0.0212. The first-order valence-electron chi connectivity index (χ1n) is 13.0. The van der Waals surface area contributed by atoms with Crippen LogP contribution in [0.15, 0.2) is 36.7 Å². The van der Waals surface area contributed by atoms with Crippen LogP contribution < -0.4 is 5.48 Å². The molecular weight excluding hydrogens is 570 g/mol. The van der Waals surface area contributed by atoms with E-state index in [0.717, 1.165) is 0 Å². The summed E-state index contributed by atoms with van der Waals surface area (Å²) in [6.07, 6.45) is 4.03. The summed E-state index contributed by atoms with van der Waals surface area (Å²) in [5, 5.41) is 9.29. The topological polar surface area (TPSA) is 164 Å². The van der Waals surface area contributed by atoms with Crippen molar-refractivity contribution in [2.24, 2.45) is 5.41 Å². The molecule has 3 aromatic rings. The fourth-order valence-electron chi connectivity index (χ4n) is 4.87. The largest absolute Gasteiger partial charge is 0.463 e. The van der Waals surface area contributed by atoms with E-state index in [4.69, 9.17) is 37.0 Å². The molecule has 1 aromatic carbocycles. The highest BCUT2D eigenvalue weighted by Crippen LogP contribution is 2.46. The normalized spacial score (nSPS) is 23.1. The van der Waals surface area contributed by atoms with Gasteiger partial charge in [-0.05, 0) is 37.9 Å². The molecule has 2 aromatic heterocycles. The molecule has 1 fully saturated rings. The van der Waals surface area contributed by atoms with E-state index in [0.29, 0.717) is 5.56 Å². The summed E-state index contributed by atoms with van der Waals surface area (Å²) in [7, 11) is 0. The molecule has 42 heavy (non-hydrogen) atoms. The molecule has 0 amide bonds. The van der Waals surface area contributed by atoms with Gasteiger partial charge in [0.1, 0.15) is 6.10 Å². The van der Waals surface area contributed by atoms with Crippen LogP contribution in [0, 0.1) is 17.8 Å². The van der Waals surface area contributed by atoms with Gasteiger partial charge in [-0.2, -0.15) is 9.97 Å². The highest BCUT2D eigenvalue weighted by atomic mass is 35.5. The maximum absolute atomic E-state index is 13.3. The first kappa shape index (κ1) is 30.9. The zero-order valence-corrected chi connectivity index (χ0v) is 24.1. The predicted molar refractivity (Wildman–Crippen MR) is 148 cm³/mol. The number of rotatable bonds is 11. The zero-order valence-electron chi connectivity index (χ0n) is 23.4. The van der Waals surface area contributed by atoms with Gasteiger partial charge in [-0.15, -0.1) is 6.42 Å². The van der Waals surface area contributed by atoms with Gasteiger partial charge in [0.25, 0.3) is 0 Å². The number of carbonyl (C=O) groups is 3. The van der Waals surface area contributed by atoms with Crippen LogP contribution in [-0.4, -0.2) is 73.5 Å². The van der Waals surface area contributed by atoms with Gasteiger partial charge >= 0.3 is 11.9 Å². The number of hydrogen-bond acceptors (Lipinski definition) is 12. The van der Waals surface area contributed by atoms with Crippen LogP contribution in [0.4, 0.5) is 5.82 Å². The molecule has 3 heterocycles. The molecule has 0 saturated carbocycles. The number of Topliss-reactive ketones (excluding diaryl/α,β-unsaturated/α-hetero) is 1. The van der Waals surface area contributed by atoms with Gasteiger partial charge in [0.2, 0.25) is 10.9 Å². The first-order valence-corrected chi connectivity index (χ1v) is 13.3. The Morgan fingerprint density at radius 3 is 2.57 bits per heavy atom. The number of fused-ring (bicyclic) bond motifs is 1. The Kier molecular flexibility index (Phi) is 9.12. The Morgan fingerprint density at radius 1 is 1.26 bits per heavy atom. The Labute approximate surface area is 246 Å². The van der Waals surface area contributed by atoms with Gasteiger partial charge in [-0.1, -0.05) is 36.3 Å². The van der Waals surface area contributed by atoms with Crippen molar-refractivity contribution in [1.82, 2.24) is 19.5 Å². The van der Waals surface area contributed by atoms with Gasteiger partial charge < -0.3 is 18.9 Å². The summed E-state index contributed by atoms with van der Waals surface area (Å²) < 4.78 is 24.9. The Balaban J connectivity index is 1.75. The third-order valence-corrected chi connectivity index (χ3v) is 7.32. The number of anilines is 1. The second kappa shape index (κ2) is 12.4. The molecule has 222 valence electrons. The average Bonchev–Trinajstić information content (AvgIpc) is 3.49. The van der Waals surface area contributed by atoms with E-state index >= 15 is 0 Å². The lowest BCUT2D eigenvalue weighted by Gasteiger charge is -2.33. The van der Waals surface area contributed by atoms with E-state index in [1.165, 1.54) is 24.7 Å². The third-order valence-electron chi connectivity index (χ3n) is 7.15. The van der Waals surface area contributed by atoms with E-state index in [9.17, 15) is 19.6 Å². The van der Waals surface area contributed by atoms with Crippen LogP contribution in [0.3, 0.4) is 0 Å². The summed E-state index contributed by atoms with van der Waals surface area (Å²) in [6.45, 7) is 5.39. The van der Waals surface area contributed by atoms with Crippen molar-refractivity contribution in [2.45, 2.75) is 58.2 Å². The molecule has 0 spiro atoms. The molecule has 2 N–H and O–H groups in total. The number of terminal acetylenes is 1. The van der Waals surface area contributed by atoms with E-state index in [1.54, 1.807) is 38.1 Å². The maximum atomic E-state index is 13.3. The number of carbonyl (C=O) groups excluding carboxylic acids is 3. The molecule has 5 atom stereocenters. The minimum atomic E-state index is -2.00. The Bertz CT molecular complexity index is 1530. The monoisotopic (exact) mass is 599 g/mol. The summed E-state index contributed by atoms with van der Waals surface area (Å²) in [4.78, 5) is 50.9. The molecule has 0 bridgehead atoms. The van der Waals surface area contributed by atoms with E-state index in [2.05, 4.69) is 20.9 Å². The Morgan fingerprint density at radius 2 is 1.98 bits per heavy atom. The molecule has 1 unspecified atom stereocenters. The number of halogens is 1. The van der Waals surface area contributed by atoms with Crippen LogP contribution in [0.5, 0.6) is 0 Å². The number of imidazole rings is 1. The molecule has 1 aliphatic rings. The standard InChI is InChI=1S/C28H30ClN5O8/c1-6-27(5)19(14-40-28(16(3)35,25(37)39-7-2)13-18-11-9-8-10-12-18)42-24(21(27)41-17(4)36)34-15-30-20-22(33-38)31-26(29)32-23(20)34/h1,8-12,15,19,21,24,38H,7,13-14H2,2-5H3,(H,31,32,33)/t19-,21+,24-,27+,28?/m1/s1. The van der Waals surface area contributed by atoms with Crippen molar-refractivity contribution in [2.75, 3.05) is 18.7 Å². The van der Waals surface area contributed by atoms with Crippen molar-refractivity contribution in [1.29, 1.82) is 0 Å². The fraction of sp³-hybridized carbons (Fsp3) is 0.429. The van der Waals surface area contributed by atoms with Gasteiger partial charge in [0.05, 0.1) is 25.0 Å². The van der Waals surface area contributed by atoms with Gasteiger partial charge in [-0.25, -0.2) is 9.78 Å². The summed E-state index contributed by atoms with van der Waals surface area (Å²) >= 11 is 6.05. The number of aromatic nitrogens is 4. The molecule has 13 nitrogen and oxygen atoms in total. The highest BCUT2D eigenvalue weighted by molar-refractivity contribution is 6.28. The van der Waals surface area contributed by atoms with Crippen LogP contribution in [0.1, 0.15) is 39.5 Å². The molecule has 1 aliphatic heterocycles. The SMILES string of the molecule is C#C[C@@]1(C)[C@@H](COC(Cc2ccccc2)(C(C)=O)C(=O)OCC)O[C@@H](n2cnc3c(NO)nc(Cl)nc32)[C@@H]1OC(C)=O. The smallest absolute Gasteiger partial charge is 0.346 e. The number of nitrogens with one attached hydrogen (secondary N) is 1. The number of hydrogen-bond donors (Lipinski definition) is 2. The fourth-order valence-corrected chi connectivity index (χ4v) is 5.04. The molecule has 1 saturated heterocycles. The van der Waals surface area contributed by atoms with Crippen LogP contribution in [0.2, 0.25) is 5.28 Å². The molecular formula is C28H30ClN5O8. The minimum Gasteiger partial charge on any atom is -0.463 e. The van der Waals surface area contributed by atoms with Gasteiger partial charge in [0.15, 0.2) is 35.1 Å². The van der Waals surface area contributed by atoms with Crippen LogP contribution in [-0.2, 0) is 39.8 Å². The maximum Gasteiger partial charge on any atom is 0.346 e. The van der Waals surface area contributed by atoms with E-state index in [-0.39, 0.29) is 41.9 Å². The number of esters is 2. The van der Waals surface area contributed by atoms with Gasteiger partial charge in [0, 0.05) is 13.3 Å². The molecule has 4 rings (SSSR count). The molecule has 0 radical (unpaired) electrons. The average molecular weight is 600 g/mol. The molecule has 0 aliphatic carbocycles. The second-order valence-electron chi connectivity index (χ2n) is 9.83. The van der Waals surface area contributed by atoms with E-state index < -0.39 is 47.2 Å². The van der Waals surface area contributed by atoms with Crippen molar-refractivity contribution in [3.05, 3.63) is 47.5 Å². The van der Waals surface area contributed by atoms with Crippen LogP contribution >= 0.6 is 11.6 Å². The first-order chi connectivity index (χ1) is 20.0. The number of nitrogens with zero attached hydrogens (tertiary/aromatic N) is 4. The highest BCUT2D eigenvalue weighted by Gasteiger charge is 2.58. The quantitative estimate of drug-likeness (QED) is 0.109. The lowest BCUT2D eigenvalue weighted by molar-refractivity contribution is -0.182. The summed E-state index contributed by atoms with van der Waals surface area (Å²) in [5.41, 5.74) is -0.460. The lowest BCUT2D eigenvalue weighted by atomic mass is 9.81. The van der Waals surface area contributed by atoms with E-state index in [1.807, 2.05) is 11.5 Å². The predicted octanol–water partition coefficient (Wildman–Crippen LogP) is 2.90. The number of benzene rings is 1. The Hall–Kier alpha value is -4.09. The third kappa shape index (κ3) is 5.66. The van der Waals surface area contributed by atoms with Crippen LogP contribution in [0.25, 0.3) is 11.2 Å². The van der Waals surface area contributed by atoms with Crippen molar-refractivity contribution in [3.63, 3.8) is 0 Å². The van der Waals surface area contributed by atoms with Crippen molar-refractivity contribution >= 4 is 46.3 Å². The zero-order chi connectivity index (χ0) is 30.7. The summed E-state index contributed by atoms with van der Waals surface area (Å²) in [5.74, 6) is 0.529. The summed E-state index contributed by atoms with van der Waals surface area (Å²) in [6, 6.07) is 8.88. The van der Waals surface area contributed by atoms with Crippen molar-refractivity contribution < 1.29 is 38.5 Å². The number of ketones is 1. The van der Waals surface area contributed by atoms with Crippen molar-refractivity contribution in [3.8, 4) is 12.3 Å². The lowest BCUT2D eigenvalue weighted by Crippen LogP contribution is -2.53. The second-order valence-corrected chi connectivity index (χ2v) is 10.2. The number of ether oxygens (including phenoxy) is 4. The van der Waals surface area contributed by atoms with Gasteiger partial charge in [-0.3, -0.25) is 24.8 Å².